The Morgan fingerprint density at radius 1 is 1.03 bits per heavy atom. The van der Waals surface area contributed by atoms with E-state index < -0.39 is 0 Å². The van der Waals surface area contributed by atoms with E-state index in [4.69, 9.17) is 4.74 Å². The topological polar surface area (TPSA) is 61.9 Å². The average molecular weight is 468 g/mol. The molecule has 1 N–H and O–H groups in total. The Morgan fingerprint density at radius 3 is 2.39 bits per heavy atom. The summed E-state index contributed by atoms with van der Waals surface area (Å²) in [5, 5.41) is 2.89. The van der Waals surface area contributed by atoms with Gasteiger partial charge in [0.15, 0.2) is 0 Å². The molecule has 1 aliphatic heterocycles. The molecule has 0 unspecified atom stereocenters. The zero-order valence-electron chi connectivity index (χ0n) is 18.9. The van der Waals surface area contributed by atoms with Crippen molar-refractivity contribution >= 4 is 28.8 Å². The first-order valence-corrected chi connectivity index (χ1v) is 11.5. The third kappa shape index (κ3) is 5.07. The van der Waals surface area contributed by atoms with Crippen molar-refractivity contribution < 1.29 is 18.7 Å². The van der Waals surface area contributed by atoms with Crippen molar-refractivity contribution in [2.24, 2.45) is 0 Å². The number of carbonyl (C=O) groups excluding carboxylic acids is 2. The summed E-state index contributed by atoms with van der Waals surface area (Å²) < 4.78 is 18.7. The van der Waals surface area contributed by atoms with E-state index >= 15 is 0 Å². The Kier molecular flexibility index (Phi) is 6.76. The second kappa shape index (κ2) is 9.72. The van der Waals surface area contributed by atoms with Crippen molar-refractivity contribution in [3.05, 3.63) is 70.4 Å². The summed E-state index contributed by atoms with van der Waals surface area (Å²) in [6, 6.07) is 13.1. The minimum Gasteiger partial charge on any atom is -0.495 e. The van der Waals surface area contributed by atoms with Crippen LogP contribution in [0.4, 0.5) is 10.1 Å². The summed E-state index contributed by atoms with van der Waals surface area (Å²) in [7, 11) is 3.56. The van der Waals surface area contributed by atoms with Crippen LogP contribution in [-0.4, -0.2) is 62.0 Å². The Balaban J connectivity index is 1.55. The molecule has 1 fully saturated rings. The number of amides is 2. The Morgan fingerprint density at radius 2 is 1.73 bits per heavy atom. The smallest absolute Gasteiger partial charge is 0.265 e. The lowest BCUT2D eigenvalue weighted by Crippen LogP contribution is -2.47. The number of rotatable bonds is 5. The molecule has 0 saturated carbocycles. The van der Waals surface area contributed by atoms with Crippen LogP contribution in [0.3, 0.4) is 0 Å². The molecule has 4 rings (SSSR count). The van der Waals surface area contributed by atoms with E-state index in [-0.39, 0.29) is 17.6 Å². The van der Waals surface area contributed by atoms with Crippen LogP contribution in [0.25, 0.3) is 10.4 Å². The molecule has 2 heterocycles. The number of ether oxygens (including phenoxy) is 1. The molecule has 172 valence electrons. The number of methoxy groups -OCH3 is 1. The molecular weight excluding hydrogens is 441 g/mol. The van der Waals surface area contributed by atoms with Gasteiger partial charge in [-0.3, -0.25) is 9.59 Å². The molecule has 3 aromatic rings. The first-order valence-electron chi connectivity index (χ1n) is 10.7. The molecule has 0 spiro atoms. The summed E-state index contributed by atoms with van der Waals surface area (Å²) in [6.45, 7) is 4.93. The number of piperazine rings is 1. The molecule has 8 heteroatoms. The molecule has 0 radical (unpaired) electrons. The Labute approximate surface area is 196 Å². The number of anilines is 1. The fourth-order valence-electron chi connectivity index (χ4n) is 3.80. The number of aryl methyl sites for hydroxylation is 1. The first-order chi connectivity index (χ1) is 15.9. The largest absolute Gasteiger partial charge is 0.495 e. The summed E-state index contributed by atoms with van der Waals surface area (Å²) >= 11 is 1.34. The third-order valence-corrected chi connectivity index (χ3v) is 7.02. The molecule has 1 aromatic heterocycles. The summed E-state index contributed by atoms with van der Waals surface area (Å²) in [6.07, 6.45) is 0. The van der Waals surface area contributed by atoms with Crippen LogP contribution in [0.5, 0.6) is 5.75 Å². The Hall–Kier alpha value is -3.23. The predicted octanol–water partition coefficient (Wildman–Crippen LogP) is 4.51. The maximum absolute atomic E-state index is 13.3. The van der Waals surface area contributed by atoms with Crippen LogP contribution in [-0.2, 0) is 0 Å². The van der Waals surface area contributed by atoms with Crippen molar-refractivity contribution in [3.8, 4) is 16.2 Å². The number of nitrogens with zero attached hydrogens (tertiary/aromatic N) is 2. The summed E-state index contributed by atoms with van der Waals surface area (Å²) in [4.78, 5) is 31.4. The molecule has 2 aromatic carbocycles. The minimum atomic E-state index is -0.302. The number of likely N-dealkylation sites (N-methyl/N-ethyl adjacent to an activating group) is 1. The standard InChI is InChI=1S/C25H26FN3O3S/c1-16-14-22(33-23(16)17-4-7-19(26)8-5-17)24(30)27-20-15-18(6-9-21(20)32-3)25(31)29-12-10-28(2)11-13-29/h4-9,14-15H,10-13H2,1-3H3,(H,27,30). The van der Waals surface area contributed by atoms with Gasteiger partial charge in [-0.05, 0) is 61.5 Å². The second-order valence-corrected chi connectivity index (χ2v) is 9.15. The van der Waals surface area contributed by atoms with Gasteiger partial charge < -0.3 is 19.9 Å². The number of hydrogen-bond acceptors (Lipinski definition) is 5. The lowest BCUT2D eigenvalue weighted by atomic mass is 10.1. The van der Waals surface area contributed by atoms with Gasteiger partial charge in [-0.25, -0.2) is 4.39 Å². The van der Waals surface area contributed by atoms with Crippen LogP contribution >= 0.6 is 11.3 Å². The number of nitrogens with one attached hydrogen (secondary N) is 1. The lowest BCUT2D eigenvalue weighted by molar-refractivity contribution is 0.0664. The highest BCUT2D eigenvalue weighted by Gasteiger charge is 2.22. The van der Waals surface area contributed by atoms with Crippen molar-refractivity contribution in [1.29, 1.82) is 0 Å². The number of carbonyl (C=O) groups is 2. The van der Waals surface area contributed by atoms with Crippen LogP contribution < -0.4 is 10.1 Å². The van der Waals surface area contributed by atoms with Crippen molar-refractivity contribution in [2.45, 2.75) is 6.92 Å². The molecule has 0 bridgehead atoms. The molecule has 0 aliphatic carbocycles. The average Bonchev–Trinajstić information content (AvgIpc) is 3.21. The van der Waals surface area contributed by atoms with Crippen LogP contribution in [0.2, 0.25) is 0 Å². The molecule has 1 saturated heterocycles. The minimum absolute atomic E-state index is 0.0631. The fourth-order valence-corrected chi connectivity index (χ4v) is 4.87. The SMILES string of the molecule is COc1ccc(C(=O)N2CCN(C)CC2)cc1NC(=O)c1cc(C)c(-c2ccc(F)cc2)s1. The van der Waals surface area contributed by atoms with E-state index in [0.29, 0.717) is 35.0 Å². The van der Waals surface area contributed by atoms with Crippen molar-refractivity contribution in [1.82, 2.24) is 9.80 Å². The van der Waals surface area contributed by atoms with Crippen molar-refractivity contribution in [2.75, 3.05) is 45.7 Å². The molecule has 0 atom stereocenters. The number of benzene rings is 2. The third-order valence-electron chi connectivity index (χ3n) is 5.73. The quantitative estimate of drug-likeness (QED) is 0.600. The molecular formula is C25H26FN3O3S. The van der Waals surface area contributed by atoms with Gasteiger partial charge in [-0.2, -0.15) is 0 Å². The van der Waals surface area contributed by atoms with Crippen LogP contribution in [0, 0.1) is 12.7 Å². The highest BCUT2D eigenvalue weighted by molar-refractivity contribution is 7.17. The zero-order valence-corrected chi connectivity index (χ0v) is 19.7. The van der Waals surface area contributed by atoms with Gasteiger partial charge in [0.2, 0.25) is 0 Å². The number of hydrogen-bond donors (Lipinski definition) is 1. The van der Waals surface area contributed by atoms with Crippen LogP contribution in [0.1, 0.15) is 25.6 Å². The predicted molar refractivity (Wildman–Crippen MR) is 129 cm³/mol. The molecule has 33 heavy (non-hydrogen) atoms. The van der Waals surface area contributed by atoms with Gasteiger partial charge in [-0.15, -0.1) is 11.3 Å². The van der Waals surface area contributed by atoms with Gasteiger partial charge >= 0.3 is 0 Å². The van der Waals surface area contributed by atoms with Gasteiger partial charge in [0.05, 0.1) is 17.7 Å². The van der Waals surface area contributed by atoms with E-state index in [1.807, 2.05) is 24.9 Å². The monoisotopic (exact) mass is 467 g/mol. The van der Waals surface area contributed by atoms with Crippen molar-refractivity contribution in [3.63, 3.8) is 0 Å². The van der Waals surface area contributed by atoms with E-state index in [2.05, 4.69) is 10.2 Å². The van der Waals surface area contributed by atoms with Gasteiger partial charge in [0, 0.05) is 36.6 Å². The number of thiophene rings is 1. The van der Waals surface area contributed by atoms with E-state index in [9.17, 15) is 14.0 Å². The van der Waals surface area contributed by atoms with E-state index in [1.54, 1.807) is 30.3 Å². The summed E-state index contributed by atoms with van der Waals surface area (Å²) in [5.41, 5.74) is 2.74. The van der Waals surface area contributed by atoms with Crippen LogP contribution in [0.15, 0.2) is 48.5 Å². The maximum Gasteiger partial charge on any atom is 0.265 e. The fraction of sp³-hybridized carbons (Fsp3) is 0.280. The normalized spacial score (nSPS) is 14.2. The molecule has 1 aliphatic rings. The van der Waals surface area contributed by atoms with Gasteiger partial charge in [-0.1, -0.05) is 12.1 Å². The van der Waals surface area contributed by atoms with E-state index in [1.165, 1.54) is 30.6 Å². The summed E-state index contributed by atoms with van der Waals surface area (Å²) in [5.74, 6) is -0.180. The van der Waals surface area contributed by atoms with Gasteiger partial charge in [0.25, 0.3) is 11.8 Å². The van der Waals surface area contributed by atoms with Gasteiger partial charge in [0.1, 0.15) is 11.6 Å². The molecule has 6 nitrogen and oxygen atoms in total. The highest BCUT2D eigenvalue weighted by atomic mass is 32.1. The second-order valence-electron chi connectivity index (χ2n) is 8.09. The lowest BCUT2D eigenvalue weighted by Gasteiger charge is -2.32. The first kappa shape index (κ1) is 22.9. The molecule has 2 amide bonds. The highest BCUT2D eigenvalue weighted by Crippen LogP contribution is 2.34. The number of halogens is 1. The Bertz CT molecular complexity index is 1170. The zero-order chi connectivity index (χ0) is 23.5. The maximum atomic E-state index is 13.3. The van der Waals surface area contributed by atoms with E-state index in [0.717, 1.165) is 29.1 Å².